The second-order valence-electron chi connectivity index (χ2n) is 6.48. The second kappa shape index (κ2) is 5.71. The van der Waals surface area contributed by atoms with Crippen LogP contribution >= 0.6 is 0 Å². The number of aliphatic hydroxyl groups excluding tert-OH is 1. The topological polar surface area (TPSA) is 40.5 Å². The van der Waals surface area contributed by atoms with Crippen LogP contribution < -0.4 is 0 Å². The maximum absolute atomic E-state index is 10.7. The van der Waals surface area contributed by atoms with E-state index >= 15 is 0 Å². The fourth-order valence-electron chi connectivity index (χ4n) is 3.68. The van der Waals surface area contributed by atoms with Crippen LogP contribution in [0.1, 0.15) is 71.1 Å². The van der Waals surface area contributed by atoms with E-state index in [-0.39, 0.29) is 0 Å². The molecule has 0 aromatic rings. The summed E-state index contributed by atoms with van der Waals surface area (Å²) in [5, 5.41) is 21.2. The summed E-state index contributed by atoms with van der Waals surface area (Å²) in [6.07, 6.45) is 10.4. The molecule has 100 valence electrons. The third kappa shape index (κ3) is 3.23. The van der Waals surface area contributed by atoms with Crippen LogP contribution in [0.4, 0.5) is 0 Å². The summed E-state index contributed by atoms with van der Waals surface area (Å²) in [6, 6.07) is 0. The fourth-order valence-corrected chi connectivity index (χ4v) is 3.68. The minimum atomic E-state index is -0.776. The number of hydrogen-bond acceptors (Lipinski definition) is 2. The zero-order chi connectivity index (χ0) is 12.3. The Balaban J connectivity index is 1.94. The lowest BCUT2D eigenvalue weighted by Gasteiger charge is -2.39. The van der Waals surface area contributed by atoms with E-state index in [0.717, 1.165) is 44.4 Å². The van der Waals surface area contributed by atoms with Gasteiger partial charge in [-0.25, -0.2) is 0 Å². The molecule has 0 bridgehead atoms. The summed E-state index contributed by atoms with van der Waals surface area (Å²) < 4.78 is 0. The molecule has 0 amide bonds. The van der Waals surface area contributed by atoms with E-state index in [1.54, 1.807) is 0 Å². The predicted octanol–water partition coefficient (Wildman–Crippen LogP) is 3.26. The third-order valence-electron chi connectivity index (χ3n) is 5.03. The smallest absolute Gasteiger partial charge is 0.0908 e. The molecule has 17 heavy (non-hydrogen) atoms. The molecule has 2 fully saturated rings. The van der Waals surface area contributed by atoms with E-state index in [2.05, 4.69) is 6.92 Å². The Kier molecular flexibility index (Phi) is 4.48. The van der Waals surface area contributed by atoms with Gasteiger partial charge >= 0.3 is 0 Å². The van der Waals surface area contributed by atoms with Crippen LogP contribution in [0.15, 0.2) is 0 Å². The van der Waals surface area contributed by atoms with E-state index < -0.39 is 11.7 Å². The largest absolute Gasteiger partial charge is 0.390 e. The van der Waals surface area contributed by atoms with Gasteiger partial charge in [0.1, 0.15) is 0 Å². The van der Waals surface area contributed by atoms with Crippen molar-refractivity contribution in [2.24, 2.45) is 11.8 Å². The van der Waals surface area contributed by atoms with E-state index in [4.69, 9.17) is 0 Å². The summed E-state index contributed by atoms with van der Waals surface area (Å²) >= 11 is 0. The Morgan fingerprint density at radius 2 is 1.47 bits per heavy atom. The van der Waals surface area contributed by atoms with Crippen LogP contribution in [0.5, 0.6) is 0 Å². The molecular formula is C15H28O2. The average Bonchev–Trinajstić information content (AvgIpc) is 2.55. The number of aliphatic hydroxyl groups is 2. The monoisotopic (exact) mass is 240 g/mol. The van der Waals surface area contributed by atoms with Gasteiger partial charge in [0.05, 0.1) is 11.7 Å². The molecule has 2 nitrogen and oxygen atoms in total. The molecule has 2 aliphatic rings. The first-order chi connectivity index (χ1) is 8.12. The average molecular weight is 240 g/mol. The van der Waals surface area contributed by atoms with E-state index in [0.29, 0.717) is 5.92 Å². The Bertz CT molecular complexity index is 223. The van der Waals surface area contributed by atoms with Gasteiger partial charge in [-0.15, -0.1) is 0 Å². The van der Waals surface area contributed by atoms with Crippen molar-refractivity contribution in [1.82, 2.24) is 0 Å². The van der Waals surface area contributed by atoms with Crippen molar-refractivity contribution in [2.45, 2.75) is 82.8 Å². The summed E-state index contributed by atoms with van der Waals surface area (Å²) in [5.41, 5.74) is -0.776. The van der Waals surface area contributed by atoms with Gasteiger partial charge in [-0.2, -0.15) is 0 Å². The lowest BCUT2D eigenvalue weighted by atomic mass is 9.73. The summed E-state index contributed by atoms with van der Waals surface area (Å²) in [6.45, 7) is 2.29. The third-order valence-corrected chi connectivity index (χ3v) is 5.03. The van der Waals surface area contributed by atoms with Gasteiger partial charge in [0.25, 0.3) is 0 Å². The van der Waals surface area contributed by atoms with Gasteiger partial charge in [-0.05, 0) is 37.5 Å². The molecule has 2 saturated carbocycles. The highest BCUT2D eigenvalue weighted by Gasteiger charge is 2.40. The Morgan fingerprint density at radius 1 is 0.941 bits per heavy atom. The SMILES string of the molecule is CC1CCC(C(O)C2(O)CCCCCC2)CC1. The molecule has 0 radical (unpaired) electrons. The molecule has 0 heterocycles. The highest BCUT2D eigenvalue weighted by Crippen LogP contribution is 2.38. The van der Waals surface area contributed by atoms with E-state index in [1.807, 2.05) is 0 Å². The first-order valence-electron chi connectivity index (χ1n) is 7.52. The van der Waals surface area contributed by atoms with Crippen molar-refractivity contribution < 1.29 is 10.2 Å². The lowest BCUT2D eigenvalue weighted by molar-refractivity contribution is -0.116. The zero-order valence-corrected chi connectivity index (χ0v) is 11.2. The van der Waals surface area contributed by atoms with Crippen molar-refractivity contribution in [2.75, 3.05) is 0 Å². The van der Waals surface area contributed by atoms with Gasteiger partial charge in [0.15, 0.2) is 0 Å². The fraction of sp³-hybridized carbons (Fsp3) is 1.00. The summed E-state index contributed by atoms with van der Waals surface area (Å²) in [5.74, 6) is 1.15. The molecule has 0 spiro atoms. The van der Waals surface area contributed by atoms with Crippen LogP contribution in [0, 0.1) is 11.8 Å². The maximum Gasteiger partial charge on any atom is 0.0908 e. The van der Waals surface area contributed by atoms with Crippen molar-refractivity contribution in [1.29, 1.82) is 0 Å². The molecule has 2 N–H and O–H groups in total. The first kappa shape index (κ1) is 13.4. The molecule has 2 heteroatoms. The van der Waals surface area contributed by atoms with Crippen LogP contribution in [-0.2, 0) is 0 Å². The number of hydrogen-bond donors (Lipinski definition) is 2. The van der Waals surface area contributed by atoms with Crippen molar-refractivity contribution in [3.05, 3.63) is 0 Å². The Hall–Kier alpha value is -0.0800. The van der Waals surface area contributed by atoms with Crippen molar-refractivity contribution >= 4 is 0 Å². The Labute approximate surface area is 105 Å². The lowest BCUT2D eigenvalue weighted by Crippen LogP contribution is -2.47. The quantitative estimate of drug-likeness (QED) is 0.727. The number of rotatable bonds is 2. The minimum absolute atomic E-state index is 0.342. The molecule has 2 rings (SSSR count). The summed E-state index contributed by atoms with van der Waals surface area (Å²) in [7, 11) is 0. The summed E-state index contributed by atoms with van der Waals surface area (Å²) in [4.78, 5) is 0. The normalized spacial score (nSPS) is 36.2. The predicted molar refractivity (Wildman–Crippen MR) is 69.8 cm³/mol. The van der Waals surface area contributed by atoms with Crippen molar-refractivity contribution in [3.8, 4) is 0 Å². The van der Waals surface area contributed by atoms with Crippen molar-refractivity contribution in [3.63, 3.8) is 0 Å². The van der Waals surface area contributed by atoms with Crippen LogP contribution in [-0.4, -0.2) is 21.9 Å². The van der Waals surface area contributed by atoms with Crippen LogP contribution in [0.3, 0.4) is 0 Å². The standard InChI is InChI=1S/C15H28O2/c1-12-6-8-13(9-7-12)14(16)15(17)10-4-2-3-5-11-15/h12-14,16-17H,2-11H2,1H3. The van der Waals surface area contributed by atoms with Gasteiger partial charge in [0.2, 0.25) is 0 Å². The molecule has 0 aliphatic heterocycles. The van der Waals surface area contributed by atoms with Crippen LogP contribution in [0.25, 0.3) is 0 Å². The minimum Gasteiger partial charge on any atom is -0.390 e. The zero-order valence-electron chi connectivity index (χ0n) is 11.2. The van der Waals surface area contributed by atoms with E-state index in [1.165, 1.54) is 25.7 Å². The highest BCUT2D eigenvalue weighted by atomic mass is 16.3. The van der Waals surface area contributed by atoms with Gasteiger partial charge in [0, 0.05) is 0 Å². The van der Waals surface area contributed by atoms with Gasteiger partial charge in [-0.3, -0.25) is 0 Å². The van der Waals surface area contributed by atoms with E-state index in [9.17, 15) is 10.2 Å². The van der Waals surface area contributed by atoms with Crippen LogP contribution in [0.2, 0.25) is 0 Å². The molecule has 1 unspecified atom stereocenters. The Morgan fingerprint density at radius 3 is 2.00 bits per heavy atom. The van der Waals surface area contributed by atoms with Gasteiger partial charge in [-0.1, -0.05) is 45.4 Å². The van der Waals surface area contributed by atoms with Gasteiger partial charge < -0.3 is 10.2 Å². The molecule has 1 atom stereocenters. The molecule has 0 aromatic carbocycles. The molecule has 0 aromatic heterocycles. The second-order valence-corrected chi connectivity index (χ2v) is 6.48. The molecule has 0 saturated heterocycles. The molecule has 2 aliphatic carbocycles. The first-order valence-corrected chi connectivity index (χ1v) is 7.52. The highest BCUT2D eigenvalue weighted by molar-refractivity contribution is 4.92. The maximum atomic E-state index is 10.7. The molecular weight excluding hydrogens is 212 g/mol.